The molecular weight excluding hydrogens is 403 g/mol. The number of allylic oxidation sites excluding steroid dienone is 4. The molecule has 0 spiro atoms. The van der Waals surface area contributed by atoms with Gasteiger partial charge in [-0.3, -0.25) is 14.4 Å². The summed E-state index contributed by atoms with van der Waals surface area (Å²) in [6.07, 6.45) is 4.29. The van der Waals surface area contributed by atoms with Crippen molar-refractivity contribution in [1.82, 2.24) is 0 Å². The highest BCUT2D eigenvalue weighted by Gasteiger charge is 2.77. The molecule has 0 aromatic heterocycles. The summed E-state index contributed by atoms with van der Waals surface area (Å²) in [5, 5.41) is 21.1. The van der Waals surface area contributed by atoms with Crippen LogP contribution in [0, 0.1) is 28.6 Å². The summed E-state index contributed by atoms with van der Waals surface area (Å²) in [4.78, 5) is 37.0. The number of fused-ring (bicyclic) bond motifs is 5. The van der Waals surface area contributed by atoms with Gasteiger partial charge in [0.2, 0.25) is 5.78 Å². The van der Waals surface area contributed by atoms with Crippen molar-refractivity contribution in [3.8, 4) is 0 Å². The summed E-state index contributed by atoms with van der Waals surface area (Å²) in [5.41, 5.74) is -5.10. The normalized spacial score (nSPS) is 48.4. The molecule has 3 fully saturated rings. The lowest BCUT2D eigenvalue weighted by Crippen LogP contribution is -2.70. The molecule has 170 valence electrons. The Labute approximate surface area is 181 Å². The van der Waals surface area contributed by atoms with E-state index in [-0.39, 0.29) is 18.1 Å². The van der Waals surface area contributed by atoms with Gasteiger partial charge in [0.15, 0.2) is 17.1 Å². The molecule has 0 aromatic rings. The fraction of sp³-hybridized carbons (Fsp3) is 0.708. The molecule has 3 saturated carbocycles. The minimum atomic E-state index is -2.02. The number of ketones is 2. The van der Waals surface area contributed by atoms with Gasteiger partial charge in [-0.25, -0.2) is 4.39 Å². The van der Waals surface area contributed by atoms with Crippen LogP contribution in [0.15, 0.2) is 23.8 Å². The first-order chi connectivity index (χ1) is 14.4. The Morgan fingerprint density at radius 3 is 2.58 bits per heavy atom. The molecule has 7 heteroatoms. The fourth-order valence-electron chi connectivity index (χ4n) is 7.74. The van der Waals surface area contributed by atoms with Crippen molar-refractivity contribution in [2.75, 3.05) is 6.61 Å². The van der Waals surface area contributed by atoms with Gasteiger partial charge in [-0.1, -0.05) is 25.5 Å². The molecule has 0 amide bonds. The van der Waals surface area contributed by atoms with Gasteiger partial charge < -0.3 is 14.9 Å². The van der Waals surface area contributed by atoms with Crippen LogP contribution in [0.4, 0.5) is 4.39 Å². The third kappa shape index (κ3) is 2.53. The van der Waals surface area contributed by atoms with Crippen molar-refractivity contribution < 1.29 is 33.7 Å². The molecule has 0 bridgehead atoms. The summed E-state index contributed by atoms with van der Waals surface area (Å²) < 4.78 is 22.8. The van der Waals surface area contributed by atoms with Crippen LogP contribution in [0.25, 0.3) is 0 Å². The van der Waals surface area contributed by atoms with Crippen molar-refractivity contribution in [2.24, 2.45) is 28.6 Å². The number of ether oxygens (including phenoxy) is 1. The van der Waals surface area contributed by atoms with Gasteiger partial charge >= 0.3 is 5.97 Å². The molecule has 0 radical (unpaired) electrons. The number of aliphatic hydroxyl groups excluding tert-OH is 2. The van der Waals surface area contributed by atoms with E-state index in [1.165, 1.54) is 19.1 Å². The average molecular weight is 435 g/mol. The van der Waals surface area contributed by atoms with Crippen LogP contribution in [0.5, 0.6) is 0 Å². The lowest BCUT2D eigenvalue weighted by Gasteiger charge is -2.62. The molecule has 4 rings (SSSR count). The first kappa shape index (κ1) is 22.3. The maximum absolute atomic E-state index is 17.1. The zero-order valence-corrected chi connectivity index (χ0v) is 18.5. The molecule has 4 aliphatic rings. The van der Waals surface area contributed by atoms with Crippen molar-refractivity contribution in [3.63, 3.8) is 0 Å². The topological polar surface area (TPSA) is 101 Å². The van der Waals surface area contributed by atoms with E-state index in [1.807, 2.05) is 0 Å². The summed E-state index contributed by atoms with van der Waals surface area (Å²) in [5.74, 6) is -2.79. The molecular formula is C24H31FO6. The number of esters is 1. The summed E-state index contributed by atoms with van der Waals surface area (Å²) >= 11 is 0. The van der Waals surface area contributed by atoms with Gasteiger partial charge in [0.1, 0.15) is 6.61 Å². The molecule has 0 unspecified atom stereocenters. The van der Waals surface area contributed by atoms with Gasteiger partial charge in [-0.05, 0) is 50.7 Å². The third-order valence-corrected chi connectivity index (χ3v) is 9.04. The van der Waals surface area contributed by atoms with E-state index >= 15 is 4.39 Å². The molecule has 0 aliphatic heterocycles. The Morgan fingerprint density at radius 1 is 1.29 bits per heavy atom. The van der Waals surface area contributed by atoms with E-state index in [0.29, 0.717) is 24.8 Å². The quantitative estimate of drug-likeness (QED) is 0.662. The molecule has 0 heterocycles. The second kappa shape index (κ2) is 6.82. The summed E-state index contributed by atoms with van der Waals surface area (Å²) in [6, 6.07) is 0. The van der Waals surface area contributed by atoms with Crippen molar-refractivity contribution >= 4 is 17.5 Å². The standard InChI is InChI=1S/C24H31FO6/c1-13-9-18-17-6-5-15-10-16(28)7-8-21(15,3)23(17,25)19(29)11-22(18,4)24(13,20(30)12-26)31-14(2)27/h7-8,10,13,17-19,26,29H,5-6,9,11-12H2,1-4H3/t13-,17-,18-,19-,21-,22-,23-,24-/m0/s1. The van der Waals surface area contributed by atoms with Gasteiger partial charge in [-0.15, -0.1) is 0 Å². The van der Waals surface area contributed by atoms with Crippen LogP contribution in [0.2, 0.25) is 0 Å². The Balaban J connectivity index is 1.86. The lowest BCUT2D eigenvalue weighted by atomic mass is 9.44. The van der Waals surface area contributed by atoms with E-state index in [4.69, 9.17) is 4.74 Å². The van der Waals surface area contributed by atoms with Crippen LogP contribution < -0.4 is 0 Å². The third-order valence-electron chi connectivity index (χ3n) is 9.04. The number of hydrogen-bond acceptors (Lipinski definition) is 6. The van der Waals surface area contributed by atoms with Crippen LogP contribution >= 0.6 is 0 Å². The monoisotopic (exact) mass is 434 g/mol. The van der Waals surface area contributed by atoms with E-state index < -0.39 is 58.4 Å². The molecule has 4 aliphatic carbocycles. The number of carbonyl (C=O) groups excluding carboxylic acids is 3. The molecule has 6 nitrogen and oxygen atoms in total. The Bertz CT molecular complexity index is 910. The van der Waals surface area contributed by atoms with Crippen molar-refractivity contribution in [2.45, 2.75) is 70.8 Å². The van der Waals surface area contributed by atoms with Crippen molar-refractivity contribution in [3.05, 3.63) is 23.8 Å². The SMILES string of the molecule is CC(=O)O[C@]1(C(=O)CO)[C@@H](C)C[C@H]2[C@@H]3CCC4=CC(=O)C=C[C@]4(C)[C@@]3(F)[C@@H](O)C[C@@]21C. The number of rotatable bonds is 3. The molecule has 31 heavy (non-hydrogen) atoms. The van der Waals surface area contributed by atoms with Gasteiger partial charge in [0.05, 0.1) is 6.10 Å². The lowest BCUT2D eigenvalue weighted by molar-refractivity contribution is -0.227. The predicted octanol–water partition coefficient (Wildman–Crippen LogP) is 2.47. The highest BCUT2D eigenvalue weighted by Crippen LogP contribution is 2.71. The molecule has 0 aromatic carbocycles. The van der Waals surface area contributed by atoms with E-state index in [0.717, 1.165) is 0 Å². The Kier molecular flexibility index (Phi) is 4.91. The second-order valence-electron chi connectivity index (χ2n) is 10.3. The van der Waals surface area contributed by atoms with Crippen LogP contribution in [-0.2, 0) is 19.1 Å². The number of aliphatic hydroxyl groups is 2. The second-order valence-corrected chi connectivity index (χ2v) is 10.3. The smallest absolute Gasteiger partial charge is 0.303 e. The molecule has 0 saturated heterocycles. The minimum absolute atomic E-state index is 0.0846. The Morgan fingerprint density at radius 2 is 1.97 bits per heavy atom. The average Bonchev–Trinajstić information content (AvgIpc) is 2.90. The van der Waals surface area contributed by atoms with E-state index in [9.17, 15) is 24.6 Å². The highest BCUT2D eigenvalue weighted by atomic mass is 19.1. The van der Waals surface area contributed by atoms with Crippen LogP contribution in [0.3, 0.4) is 0 Å². The van der Waals surface area contributed by atoms with E-state index in [2.05, 4.69) is 0 Å². The maximum atomic E-state index is 17.1. The zero-order chi connectivity index (χ0) is 23.0. The number of carbonyl (C=O) groups is 3. The Hall–Kier alpha value is -1.86. The zero-order valence-electron chi connectivity index (χ0n) is 18.5. The fourth-order valence-corrected chi connectivity index (χ4v) is 7.74. The number of hydrogen-bond donors (Lipinski definition) is 2. The minimum Gasteiger partial charge on any atom is -0.450 e. The van der Waals surface area contributed by atoms with Gasteiger partial charge in [-0.2, -0.15) is 0 Å². The summed E-state index contributed by atoms with van der Waals surface area (Å²) in [7, 11) is 0. The van der Waals surface area contributed by atoms with Crippen LogP contribution in [0.1, 0.15) is 53.4 Å². The summed E-state index contributed by atoms with van der Waals surface area (Å²) in [6.45, 7) is 5.74. The largest absolute Gasteiger partial charge is 0.450 e. The van der Waals surface area contributed by atoms with Gasteiger partial charge in [0.25, 0.3) is 0 Å². The highest BCUT2D eigenvalue weighted by molar-refractivity contribution is 6.01. The first-order valence-electron chi connectivity index (χ1n) is 11.0. The number of Topliss-reactive ketones (excluding diaryl/α,β-unsaturated/α-hetero) is 1. The van der Waals surface area contributed by atoms with Gasteiger partial charge in [0, 0.05) is 29.6 Å². The first-order valence-corrected chi connectivity index (χ1v) is 11.0. The predicted molar refractivity (Wildman–Crippen MR) is 109 cm³/mol. The van der Waals surface area contributed by atoms with Crippen molar-refractivity contribution in [1.29, 1.82) is 0 Å². The molecule has 8 atom stereocenters. The van der Waals surface area contributed by atoms with E-state index in [1.54, 1.807) is 26.8 Å². The molecule has 2 N–H and O–H groups in total. The number of halogens is 1. The van der Waals surface area contributed by atoms with Crippen LogP contribution in [-0.4, -0.2) is 51.7 Å². The maximum Gasteiger partial charge on any atom is 0.303 e. The number of alkyl halides is 1.